The summed E-state index contributed by atoms with van der Waals surface area (Å²) in [5.74, 6) is -0.507. The SMILES string of the molecule is CCC/C(F)=C(\F)c1ccc(CCc2ccc(C3=CCC(CCC)CC3)cc2)cc1. The molecule has 0 aromatic heterocycles. The summed E-state index contributed by atoms with van der Waals surface area (Å²) in [5, 5.41) is 0. The van der Waals surface area contributed by atoms with Gasteiger partial charge in [-0.3, -0.25) is 0 Å². The van der Waals surface area contributed by atoms with E-state index >= 15 is 0 Å². The van der Waals surface area contributed by atoms with Gasteiger partial charge in [-0.2, -0.15) is 0 Å². The fourth-order valence-electron chi connectivity index (χ4n) is 4.30. The summed E-state index contributed by atoms with van der Waals surface area (Å²) in [6, 6.07) is 16.1. The van der Waals surface area contributed by atoms with Crippen LogP contribution in [-0.2, 0) is 12.8 Å². The Morgan fingerprint density at radius 3 is 2.03 bits per heavy atom. The van der Waals surface area contributed by atoms with E-state index in [1.165, 1.54) is 48.8 Å². The first-order valence-electron chi connectivity index (χ1n) is 11.5. The Labute approximate surface area is 180 Å². The summed E-state index contributed by atoms with van der Waals surface area (Å²) in [6.07, 6.45) is 11.4. The normalized spacial score (nSPS) is 17.5. The highest BCUT2D eigenvalue weighted by Gasteiger charge is 2.14. The smallest absolute Gasteiger partial charge is 0.161 e. The molecule has 1 atom stereocenters. The van der Waals surface area contributed by atoms with E-state index < -0.39 is 11.7 Å². The van der Waals surface area contributed by atoms with Crippen molar-refractivity contribution in [2.75, 3.05) is 0 Å². The summed E-state index contributed by atoms with van der Waals surface area (Å²) in [7, 11) is 0. The van der Waals surface area contributed by atoms with Crippen molar-refractivity contribution in [2.45, 2.75) is 71.6 Å². The first-order valence-corrected chi connectivity index (χ1v) is 11.5. The Balaban J connectivity index is 1.55. The van der Waals surface area contributed by atoms with Crippen LogP contribution in [0.2, 0.25) is 0 Å². The molecule has 0 saturated carbocycles. The molecule has 1 aliphatic carbocycles. The molecule has 0 radical (unpaired) electrons. The van der Waals surface area contributed by atoms with Crippen LogP contribution in [0.15, 0.2) is 60.4 Å². The molecule has 0 spiro atoms. The van der Waals surface area contributed by atoms with E-state index in [9.17, 15) is 8.78 Å². The first-order chi connectivity index (χ1) is 14.6. The van der Waals surface area contributed by atoms with Crippen molar-refractivity contribution in [2.24, 2.45) is 5.92 Å². The number of halogens is 2. The van der Waals surface area contributed by atoms with Gasteiger partial charge in [0.25, 0.3) is 0 Å². The highest BCUT2D eigenvalue weighted by atomic mass is 19.2. The zero-order chi connectivity index (χ0) is 21.3. The summed E-state index contributed by atoms with van der Waals surface area (Å²) >= 11 is 0. The molecule has 0 aliphatic heterocycles. The van der Waals surface area contributed by atoms with Gasteiger partial charge in [-0.25, -0.2) is 8.78 Å². The molecular weight excluding hydrogens is 374 g/mol. The molecule has 2 heteroatoms. The zero-order valence-corrected chi connectivity index (χ0v) is 18.4. The minimum absolute atomic E-state index is 0.153. The second-order valence-electron chi connectivity index (χ2n) is 8.52. The fraction of sp³-hybridized carbons (Fsp3) is 0.429. The number of hydrogen-bond acceptors (Lipinski definition) is 0. The van der Waals surface area contributed by atoms with E-state index in [2.05, 4.69) is 37.3 Å². The molecule has 2 aromatic carbocycles. The summed E-state index contributed by atoms with van der Waals surface area (Å²) in [4.78, 5) is 0. The number of rotatable bonds is 9. The Bertz CT molecular complexity index is 857. The molecule has 3 rings (SSSR count). The Morgan fingerprint density at radius 1 is 0.867 bits per heavy atom. The third-order valence-electron chi connectivity index (χ3n) is 6.16. The maximum Gasteiger partial charge on any atom is 0.161 e. The summed E-state index contributed by atoms with van der Waals surface area (Å²) < 4.78 is 27.7. The van der Waals surface area contributed by atoms with Crippen molar-refractivity contribution in [3.05, 3.63) is 82.7 Å². The molecule has 0 amide bonds. The van der Waals surface area contributed by atoms with E-state index in [1.807, 2.05) is 19.1 Å². The lowest BCUT2D eigenvalue weighted by molar-refractivity contribution is 0.445. The highest BCUT2D eigenvalue weighted by Crippen LogP contribution is 2.32. The standard InChI is InChI=1S/C28H34F2/c1-3-5-21-9-15-24(16-10-21)25-17-11-22(12-18-25)7-8-23-13-19-26(20-14-23)28(30)27(29)6-4-2/h11-15,17-21H,3-10,16H2,1-2H3/b28-27+. The predicted molar refractivity (Wildman–Crippen MR) is 125 cm³/mol. The third kappa shape index (κ3) is 6.14. The van der Waals surface area contributed by atoms with Crippen LogP contribution in [0.5, 0.6) is 0 Å². The monoisotopic (exact) mass is 408 g/mol. The van der Waals surface area contributed by atoms with Crippen molar-refractivity contribution in [1.82, 2.24) is 0 Å². The third-order valence-corrected chi connectivity index (χ3v) is 6.16. The van der Waals surface area contributed by atoms with Crippen LogP contribution in [-0.4, -0.2) is 0 Å². The maximum absolute atomic E-state index is 14.0. The second kappa shape index (κ2) is 11.2. The van der Waals surface area contributed by atoms with E-state index in [0.717, 1.165) is 24.3 Å². The van der Waals surface area contributed by atoms with Crippen molar-refractivity contribution in [1.29, 1.82) is 0 Å². The van der Waals surface area contributed by atoms with Gasteiger partial charge in [0.15, 0.2) is 5.83 Å². The largest absolute Gasteiger partial charge is 0.209 e. The first kappa shape index (κ1) is 22.5. The lowest BCUT2D eigenvalue weighted by atomic mass is 9.84. The maximum atomic E-state index is 14.0. The van der Waals surface area contributed by atoms with Crippen LogP contribution in [0.1, 0.15) is 81.0 Å². The van der Waals surface area contributed by atoms with Gasteiger partial charge in [-0.1, -0.05) is 81.3 Å². The fourth-order valence-corrected chi connectivity index (χ4v) is 4.30. The van der Waals surface area contributed by atoms with Gasteiger partial charge in [-0.05, 0) is 66.7 Å². The lowest BCUT2D eigenvalue weighted by Gasteiger charge is -2.21. The number of allylic oxidation sites excluding steroid dienone is 3. The average molecular weight is 409 g/mol. The average Bonchev–Trinajstić information content (AvgIpc) is 2.79. The molecule has 2 aromatic rings. The number of hydrogen-bond donors (Lipinski definition) is 0. The van der Waals surface area contributed by atoms with E-state index in [4.69, 9.17) is 0 Å². The summed E-state index contributed by atoms with van der Waals surface area (Å²) in [6.45, 7) is 4.12. The van der Waals surface area contributed by atoms with Crippen LogP contribution in [0, 0.1) is 5.92 Å². The molecule has 0 fully saturated rings. The molecule has 0 N–H and O–H groups in total. The molecule has 0 saturated heterocycles. The van der Waals surface area contributed by atoms with Crippen LogP contribution in [0.3, 0.4) is 0 Å². The van der Waals surface area contributed by atoms with Crippen LogP contribution < -0.4 is 0 Å². The molecule has 0 nitrogen and oxygen atoms in total. The van der Waals surface area contributed by atoms with Crippen LogP contribution in [0.25, 0.3) is 11.4 Å². The minimum Gasteiger partial charge on any atom is -0.209 e. The zero-order valence-electron chi connectivity index (χ0n) is 18.4. The van der Waals surface area contributed by atoms with Gasteiger partial charge in [0.1, 0.15) is 5.83 Å². The van der Waals surface area contributed by atoms with Gasteiger partial charge < -0.3 is 0 Å². The van der Waals surface area contributed by atoms with Gasteiger partial charge in [0.2, 0.25) is 0 Å². The van der Waals surface area contributed by atoms with E-state index in [0.29, 0.717) is 12.0 Å². The van der Waals surface area contributed by atoms with E-state index in [1.54, 1.807) is 12.1 Å². The number of aryl methyl sites for hydroxylation is 2. The topological polar surface area (TPSA) is 0 Å². The Kier molecular flexibility index (Phi) is 8.42. The molecule has 30 heavy (non-hydrogen) atoms. The van der Waals surface area contributed by atoms with Crippen molar-refractivity contribution in [3.63, 3.8) is 0 Å². The molecule has 160 valence electrons. The molecule has 0 heterocycles. The van der Waals surface area contributed by atoms with Gasteiger partial charge in [0.05, 0.1) is 0 Å². The Hall–Kier alpha value is -2.22. The quantitative estimate of drug-likeness (QED) is 0.389. The number of benzene rings is 2. The Morgan fingerprint density at radius 2 is 1.50 bits per heavy atom. The van der Waals surface area contributed by atoms with Gasteiger partial charge in [0, 0.05) is 12.0 Å². The summed E-state index contributed by atoms with van der Waals surface area (Å²) in [5.41, 5.74) is 5.63. The predicted octanol–water partition coefficient (Wildman–Crippen LogP) is 8.86. The molecule has 0 bridgehead atoms. The van der Waals surface area contributed by atoms with Crippen molar-refractivity contribution >= 4 is 11.4 Å². The van der Waals surface area contributed by atoms with Crippen LogP contribution in [0.4, 0.5) is 8.78 Å². The molecule has 1 unspecified atom stereocenters. The minimum atomic E-state index is -0.725. The van der Waals surface area contributed by atoms with Crippen molar-refractivity contribution in [3.8, 4) is 0 Å². The van der Waals surface area contributed by atoms with Crippen molar-refractivity contribution < 1.29 is 8.78 Å². The molecular formula is C28H34F2. The van der Waals surface area contributed by atoms with Gasteiger partial charge >= 0.3 is 0 Å². The van der Waals surface area contributed by atoms with Gasteiger partial charge in [-0.15, -0.1) is 0 Å². The van der Waals surface area contributed by atoms with Crippen LogP contribution >= 0.6 is 0 Å². The van der Waals surface area contributed by atoms with E-state index in [-0.39, 0.29) is 6.42 Å². The lowest BCUT2D eigenvalue weighted by Crippen LogP contribution is -2.05. The second-order valence-corrected chi connectivity index (χ2v) is 8.52. The molecule has 1 aliphatic rings. The highest BCUT2D eigenvalue weighted by molar-refractivity contribution is 5.66.